The molecule has 3 nitrogen and oxygen atoms in total. The van der Waals surface area contributed by atoms with Crippen LogP contribution in [0.25, 0.3) is 0 Å². The van der Waals surface area contributed by atoms with E-state index in [9.17, 15) is 13.2 Å². The number of ether oxygens (including phenoxy) is 3. The highest BCUT2D eigenvalue weighted by atomic mass is 19.4. The Labute approximate surface area is 106 Å². The Morgan fingerprint density at radius 3 is 2.28 bits per heavy atom. The van der Waals surface area contributed by atoms with E-state index in [4.69, 9.17) is 14.2 Å². The van der Waals surface area contributed by atoms with Crippen LogP contribution in [0.2, 0.25) is 0 Å². The summed E-state index contributed by atoms with van der Waals surface area (Å²) in [5.41, 5.74) is -2.08. The average Bonchev–Trinajstić information content (AvgIpc) is 2.34. The fourth-order valence-electron chi connectivity index (χ4n) is 1.71. The molecule has 1 aliphatic heterocycles. The molecule has 1 unspecified atom stereocenters. The molecule has 0 saturated carbocycles. The molecule has 0 aromatic heterocycles. The second kappa shape index (κ2) is 6.73. The van der Waals surface area contributed by atoms with Gasteiger partial charge in [0.15, 0.2) is 5.60 Å². The van der Waals surface area contributed by atoms with Crippen LogP contribution in [-0.2, 0) is 14.2 Å². The Morgan fingerprint density at radius 1 is 1.17 bits per heavy atom. The maximum Gasteiger partial charge on any atom is 0.417 e. The van der Waals surface area contributed by atoms with E-state index in [1.807, 2.05) is 0 Å². The number of hydrogen-bond donors (Lipinski definition) is 0. The van der Waals surface area contributed by atoms with Crippen molar-refractivity contribution in [2.75, 3.05) is 26.4 Å². The van der Waals surface area contributed by atoms with E-state index in [1.54, 1.807) is 0 Å². The standard InChI is InChI=1S/C12H21F3O3/c1-3-11(2,12(13,14)15)18-9-8-17-10-4-6-16-7-5-10/h10H,3-9H2,1-2H3. The first-order valence-electron chi connectivity index (χ1n) is 6.29. The third-order valence-electron chi connectivity index (χ3n) is 3.30. The number of hydrogen-bond acceptors (Lipinski definition) is 3. The molecule has 0 aromatic carbocycles. The van der Waals surface area contributed by atoms with Gasteiger partial charge in [-0.15, -0.1) is 0 Å². The van der Waals surface area contributed by atoms with Gasteiger partial charge in [0.25, 0.3) is 0 Å². The third kappa shape index (κ3) is 4.40. The van der Waals surface area contributed by atoms with Crippen LogP contribution in [-0.4, -0.2) is 44.3 Å². The Bertz CT molecular complexity index is 239. The molecule has 1 fully saturated rings. The van der Waals surface area contributed by atoms with Crippen LogP contribution in [0.15, 0.2) is 0 Å². The van der Waals surface area contributed by atoms with Gasteiger partial charge in [0.05, 0.1) is 19.3 Å². The van der Waals surface area contributed by atoms with Crippen LogP contribution in [0.1, 0.15) is 33.1 Å². The van der Waals surface area contributed by atoms with Gasteiger partial charge < -0.3 is 14.2 Å². The quantitative estimate of drug-likeness (QED) is 0.695. The van der Waals surface area contributed by atoms with Gasteiger partial charge in [-0.25, -0.2) is 0 Å². The maximum atomic E-state index is 12.7. The average molecular weight is 270 g/mol. The highest BCUT2D eigenvalue weighted by Gasteiger charge is 2.50. The lowest BCUT2D eigenvalue weighted by molar-refractivity contribution is -0.274. The van der Waals surface area contributed by atoms with Crippen molar-refractivity contribution in [3.05, 3.63) is 0 Å². The molecule has 1 saturated heterocycles. The van der Waals surface area contributed by atoms with E-state index in [2.05, 4.69) is 0 Å². The summed E-state index contributed by atoms with van der Waals surface area (Å²) in [6, 6.07) is 0. The van der Waals surface area contributed by atoms with Crippen molar-refractivity contribution in [1.82, 2.24) is 0 Å². The van der Waals surface area contributed by atoms with Crippen molar-refractivity contribution < 1.29 is 27.4 Å². The van der Waals surface area contributed by atoms with Crippen molar-refractivity contribution in [2.24, 2.45) is 0 Å². The zero-order valence-electron chi connectivity index (χ0n) is 10.9. The summed E-state index contributed by atoms with van der Waals surface area (Å²) in [5.74, 6) is 0. The number of alkyl halides is 3. The first-order valence-corrected chi connectivity index (χ1v) is 6.29. The fourth-order valence-corrected chi connectivity index (χ4v) is 1.71. The van der Waals surface area contributed by atoms with Crippen molar-refractivity contribution in [3.63, 3.8) is 0 Å². The first-order chi connectivity index (χ1) is 8.39. The minimum absolute atomic E-state index is 0.0405. The lowest BCUT2D eigenvalue weighted by Gasteiger charge is -2.31. The smallest absolute Gasteiger partial charge is 0.381 e. The van der Waals surface area contributed by atoms with E-state index in [0.29, 0.717) is 13.2 Å². The third-order valence-corrected chi connectivity index (χ3v) is 3.30. The van der Waals surface area contributed by atoms with E-state index in [0.717, 1.165) is 19.8 Å². The number of rotatable bonds is 6. The molecule has 0 aromatic rings. The SMILES string of the molecule is CCC(C)(OCCOC1CCOCC1)C(F)(F)F. The molecule has 1 aliphatic rings. The maximum absolute atomic E-state index is 12.7. The van der Waals surface area contributed by atoms with Gasteiger partial charge >= 0.3 is 6.18 Å². The topological polar surface area (TPSA) is 27.7 Å². The molecule has 18 heavy (non-hydrogen) atoms. The normalized spacial score (nSPS) is 21.8. The molecule has 108 valence electrons. The van der Waals surface area contributed by atoms with Crippen LogP contribution in [0.5, 0.6) is 0 Å². The molecular formula is C12H21F3O3. The molecule has 1 rings (SSSR count). The van der Waals surface area contributed by atoms with Gasteiger partial charge in [-0.1, -0.05) is 6.92 Å². The first kappa shape index (κ1) is 15.7. The molecule has 0 aliphatic carbocycles. The predicted octanol–water partition coefficient (Wildman–Crippen LogP) is 2.93. The minimum Gasteiger partial charge on any atom is -0.381 e. The largest absolute Gasteiger partial charge is 0.417 e. The second-order valence-corrected chi connectivity index (χ2v) is 4.61. The van der Waals surface area contributed by atoms with Crippen LogP contribution in [0, 0.1) is 0 Å². The van der Waals surface area contributed by atoms with Crippen molar-refractivity contribution in [1.29, 1.82) is 0 Å². The molecule has 1 heterocycles. The van der Waals surface area contributed by atoms with Crippen LogP contribution < -0.4 is 0 Å². The van der Waals surface area contributed by atoms with Crippen molar-refractivity contribution in [3.8, 4) is 0 Å². The molecule has 1 atom stereocenters. The van der Waals surface area contributed by atoms with Crippen LogP contribution in [0.4, 0.5) is 13.2 Å². The zero-order valence-corrected chi connectivity index (χ0v) is 10.9. The van der Waals surface area contributed by atoms with Gasteiger partial charge in [0.1, 0.15) is 0 Å². The van der Waals surface area contributed by atoms with Gasteiger partial charge in [-0.3, -0.25) is 0 Å². The van der Waals surface area contributed by atoms with Crippen LogP contribution in [0.3, 0.4) is 0 Å². The van der Waals surface area contributed by atoms with E-state index >= 15 is 0 Å². The monoisotopic (exact) mass is 270 g/mol. The van der Waals surface area contributed by atoms with Gasteiger partial charge in [0, 0.05) is 13.2 Å². The summed E-state index contributed by atoms with van der Waals surface area (Å²) in [6.45, 7) is 3.99. The summed E-state index contributed by atoms with van der Waals surface area (Å²) >= 11 is 0. The summed E-state index contributed by atoms with van der Waals surface area (Å²) < 4.78 is 53.7. The Kier molecular flexibility index (Phi) is 5.88. The molecule has 0 amide bonds. The van der Waals surface area contributed by atoms with Crippen molar-refractivity contribution >= 4 is 0 Å². The van der Waals surface area contributed by atoms with Gasteiger partial charge in [-0.05, 0) is 26.2 Å². The predicted molar refractivity (Wildman–Crippen MR) is 60.5 cm³/mol. The lowest BCUT2D eigenvalue weighted by Crippen LogP contribution is -2.45. The van der Waals surface area contributed by atoms with Gasteiger partial charge in [-0.2, -0.15) is 13.2 Å². The summed E-state index contributed by atoms with van der Waals surface area (Å²) in [6.07, 6.45) is -2.77. The summed E-state index contributed by atoms with van der Waals surface area (Å²) in [4.78, 5) is 0. The van der Waals surface area contributed by atoms with Crippen LogP contribution >= 0.6 is 0 Å². The summed E-state index contributed by atoms with van der Waals surface area (Å²) in [5, 5.41) is 0. The highest BCUT2D eigenvalue weighted by Crippen LogP contribution is 2.35. The lowest BCUT2D eigenvalue weighted by atomic mass is 10.0. The molecule has 0 spiro atoms. The number of halogens is 3. The van der Waals surface area contributed by atoms with Gasteiger partial charge in [0.2, 0.25) is 0 Å². The zero-order chi connectivity index (χ0) is 13.6. The fraction of sp³-hybridized carbons (Fsp3) is 1.00. The molecule has 6 heteroatoms. The molecular weight excluding hydrogens is 249 g/mol. The van der Waals surface area contributed by atoms with E-state index in [-0.39, 0.29) is 25.7 Å². The summed E-state index contributed by atoms with van der Waals surface area (Å²) in [7, 11) is 0. The Balaban J connectivity index is 2.23. The van der Waals surface area contributed by atoms with E-state index < -0.39 is 11.8 Å². The Hall–Kier alpha value is -0.330. The van der Waals surface area contributed by atoms with E-state index in [1.165, 1.54) is 6.92 Å². The highest BCUT2D eigenvalue weighted by molar-refractivity contribution is 4.82. The molecule has 0 bridgehead atoms. The minimum atomic E-state index is -4.35. The Morgan fingerprint density at radius 2 is 1.78 bits per heavy atom. The molecule has 0 radical (unpaired) electrons. The second-order valence-electron chi connectivity index (χ2n) is 4.61. The molecule has 0 N–H and O–H groups in total. The van der Waals surface area contributed by atoms with Crippen molar-refractivity contribution in [2.45, 2.75) is 51.0 Å².